The summed E-state index contributed by atoms with van der Waals surface area (Å²) in [4.78, 5) is 14.0. The molecule has 0 aliphatic carbocycles. The van der Waals surface area contributed by atoms with Crippen LogP contribution in [-0.4, -0.2) is 34.3 Å². The van der Waals surface area contributed by atoms with Crippen LogP contribution < -0.4 is 0 Å². The van der Waals surface area contributed by atoms with Gasteiger partial charge in [-0.25, -0.2) is 28.2 Å². The normalized spacial score (nSPS) is 12.0. The van der Waals surface area contributed by atoms with Crippen LogP contribution >= 0.6 is 11.3 Å². The van der Waals surface area contributed by atoms with Gasteiger partial charge in [0.05, 0.1) is 5.52 Å². The molecule has 5 aromatic heterocycles. The highest BCUT2D eigenvalue weighted by molar-refractivity contribution is 7.26. The zero-order valence-electron chi connectivity index (χ0n) is 16.1. The Bertz CT molecular complexity index is 1580. The molecule has 10 heteroatoms. The molecule has 6 rings (SSSR count). The highest BCUT2D eigenvalue weighted by Gasteiger charge is 2.21. The third-order valence-electron chi connectivity index (χ3n) is 5.15. The van der Waals surface area contributed by atoms with Gasteiger partial charge < -0.3 is 0 Å². The van der Waals surface area contributed by atoms with E-state index in [0.29, 0.717) is 27.4 Å². The lowest BCUT2D eigenvalue weighted by Crippen LogP contribution is -1.95. The first-order valence-corrected chi connectivity index (χ1v) is 10.2. The Kier molecular flexibility index (Phi) is 3.84. The van der Waals surface area contributed by atoms with E-state index >= 15 is 0 Å². The third kappa shape index (κ3) is 2.72. The number of pyridine rings is 1. The Morgan fingerprint density at radius 1 is 1.06 bits per heavy atom. The van der Waals surface area contributed by atoms with Gasteiger partial charge in [-0.05, 0) is 23.3 Å². The molecule has 0 saturated heterocycles. The van der Waals surface area contributed by atoms with E-state index in [9.17, 15) is 8.78 Å². The molecule has 0 N–H and O–H groups in total. The number of fused-ring (bicyclic) bond motifs is 5. The van der Waals surface area contributed by atoms with E-state index < -0.39 is 6.43 Å². The molecule has 0 saturated carbocycles. The maximum atomic E-state index is 13.6. The van der Waals surface area contributed by atoms with Crippen molar-refractivity contribution in [1.29, 1.82) is 0 Å². The summed E-state index contributed by atoms with van der Waals surface area (Å²) < 4.78 is 31.2. The minimum Gasteiger partial charge on any atom is -0.265 e. The molecular formula is C21H13F2N7S. The largest absolute Gasteiger partial charge is 0.280 e. The molecule has 0 fully saturated rings. The fourth-order valence-electron chi connectivity index (χ4n) is 3.71. The molecule has 0 unspecified atom stereocenters. The molecule has 0 aliphatic heterocycles. The lowest BCUT2D eigenvalue weighted by molar-refractivity contribution is 0.146. The summed E-state index contributed by atoms with van der Waals surface area (Å²) in [5.74, 6) is 0.510. The molecule has 0 amide bonds. The summed E-state index contributed by atoms with van der Waals surface area (Å²) in [7, 11) is 1.82. The molecule has 5 heterocycles. The molecule has 0 aliphatic rings. The molecule has 0 bridgehead atoms. The second kappa shape index (κ2) is 6.61. The fraction of sp³-hybridized carbons (Fsp3) is 0.0952. The Morgan fingerprint density at radius 2 is 1.90 bits per heavy atom. The molecule has 0 spiro atoms. The predicted molar refractivity (Wildman–Crippen MR) is 114 cm³/mol. The summed E-state index contributed by atoms with van der Waals surface area (Å²) in [6, 6.07) is 12.7. The van der Waals surface area contributed by atoms with Gasteiger partial charge in [0, 0.05) is 18.6 Å². The van der Waals surface area contributed by atoms with Gasteiger partial charge in [-0.2, -0.15) is 5.10 Å². The topological polar surface area (TPSA) is 73.8 Å². The summed E-state index contributed by atoms with van der Waals surface area (Å²) in [5.41, 5.74) is 3.28. The summed E-state index contributed by atoms with van der Waals surface area (Å²) in [5, 5.41) is 9.42. The van der Waals surface area contributed by atoms with Crippen molar-refractivity contribution in [3.8, 4) is 22.6 Å². The summed E-state index contributed by atoms with van der Waals surface area (Å²) in [6.45, 7) is 0. The van der Waals surface area contributed by atoms with Gasteiger partial charge >= 0.3 is 0 Å². The molecular weight excluding hydrogens is 420 g/mol. The quantitative estimate of drug-likeness (QED) is 0.397. The zero-order chi connectivity index (χ0) is 21.1. The smallest absolute Gasteiger partial charge is 0.265 e. The number of alkyl halides is 2. The van der Waals surface area contributed by atoms with Gasteiger partial charge in [0.25, 0.3) is 6.43 Å². The van der Waals surface area contributed by atoms with Crippen molar-refractivity contribution in [2.45, 2.75) is 6.43 Å². The van der Waals surface area contributed by atoms with Crippen molar-refractivity contribution in [3.63, 3.8) is 0 Å². The van der Waals surface area contributed by atoms with Crippen LogP contribution in [0.1, 0.15) is 12.1 Å². The first-order chi connectivity index (χ1) is 15.1. The van der Waals surface area contributed by atoms with Gasteiger partial charge in [-0.1, -0.05) is 30.3 Å². The lowest BCUT2D eigenvalue weighted by atomic mass is 10.0. The maximum Gasteiger partial charge on any atom is 0.280 e. The molecule has 6 aromatic rings. The minimum atomic E-state index is -2.67. The van der Waals surface area contributed by atoms with E-state index in [1.165, 1.54) is 17.4 Å². The number of thiophene rings is 1. The number of benzene rings is 1. The van der Waals surface area contributed by atoms with Gasteiger partial charge in [0.15, 0.2) is 5.65 Å². The Labute approximate surface area is 177 Å². The zero-order valence-corrected chi connectivity index (χ0v) is 16.9. The van der Waals surface area contributed by atoms with Crippen LogP contribution in [0.2, 0.25) is 0 Å². The van der Waals surface area contributed by atoms with Crippen molar-refractivity contribution in [2.24, 2.45) is 7.05 Å². The van der Waals surface area contributed by atoms with Crippen LogP contribution in [0.3, 0.4) is 0 Å². The summed E-state index contributed by atoms with van der Waals surface area (Å²) >= 11 is 1.29. The van der Waals surface area contributed by atoms with Gasteiger partial charge in [0.1, 0.15) is 27.2 Å². The molecule has 0 atom stereocenters. The van der Waals surface area contributed by atoms with Crippen LogP contribution in [0.25, 0.3) is 48.7 Å². The van der Waals surface area contributed by atoms with Crippen molar-refractivity contribution in [1.82, 2.24) is 34.3 Å². The number of aromatic nitrogens is 7. The molecule has 31 heavy (non-hydrogen) atoms. The molecule has 1 aromatic carbocycles. The fourth-order valence-corrected chi connectivity index (χ4v) is 4.84. The van der Waals surface area contributed by atoms with Crippen molar-refractivity contribution in [3.05, 3.63) is 60.7 Å². The maximum absolute atomic E-state index is 13.6. The van der Waals surface area contributed by atoms with Gasteiger partial charge in [0.2, 0.25) is 5.82 Å². The standard InChI is InChI=1S/C21H13F2N7S/c1-29-14(7-8-25-29)19-27-20-17-16(24-10-30(20)28-19)15-12(11-5-3-2-4-6-11)9-13(18(22)23)26-21(15)31-17/h2-10,18H,1H3. The minimum absolute atomic E-state index is 0.258. The van der Waals surface area contributed by atoms with Crippen LogP contribution in [0.5, 0.6) is 0 Å². The van der Waals surface area contributed by atoms with E-state index in [1.54, 1.807) is 21.7 Å². The average molecular weight is 433 g/mol. The first kappa shape index (κ1) is 18.0. The van der Waals surface area contributed by atoms with E-state index in [1.807, 2.05) is 43.4 Å². The third-order valence-corrected chi connectivity index (χ3v) is 6.21. The van der Waals surface area contributed by atoms with E-state index in [2.05, 4.69) is 25.1 Å². The van der Waals surface area contributed by atoms with Crippen molar-refractivity contribution in [2.75, 3.05) is 0 Å². The molecule has 7 nitrogen and oxygen atoms in total. The van der Waals surface area contributed by atoms with E-state index in [0.717, 1.165) is 21.3 Å². The number of halogens is 2. The van der Waals surface area contributed by atoms with E-state index in [4.69, 9.17) is 0 Å². The SMILES string of the molecule is Cn1nccc1-c1nc2c3sc4nc(C(F)F)cc(-c5ccccc5)c4c3ncn2n1. The Balaban J connectivity index is 1.69. The number of aryl methyl sites for hydroxylation is 1. The second-order valence-corrected chi connectivity index (χ2v) is 8.01. The number of hydrogen-bond donors (Lipinski definition) is 0. The predicted octanol–water partition coefficient (Wildman–Crippen LogP) is 4.89. The van der Waals surface area contributed by atoms with Gasteiger partial charge in [-0.15, -0.1) is 16.4 Å². The second-order valence-electron chi connectivity index (χ2n) is 7.01. The molecule has 152 valence electrons. The monoisotopic (exact) mass is 433 g/mol. The highest BCUT2D eigenvalue weighted by Crippen LogP contribution is 2.41. The van der Waals surface area contributed by atoms with Crippen LogP contribution in [0, 0.1) is 0 Å². The molecule has 0 radical (unpaired) electrons. The van der Waals surface area contributed by atoms with Crippen molar-refractivity contribution < 1.29 is 8.78 Å². The Hall–Kier alpha value is -3.79. The Morgan fingerprint density at radius 3 is 2.65 bits per heavy atom. The average Bonchev–Trinajstić information content (AvgIpc) is 3.48. The van der Waals surface area contributed by atoms with Crippen LogP contribution in [0.15, 0.2) is 55.0 Å². The lowest BCUT2D eigenvalue weighted by Gasteiger charge is -2.07. The van der Waals surface area contributed by atoms with Crippen LogP contribution in [0.4, 0.5) is 8.78 Å². The van der Waals surface area contributed by atoms with E-state index in [-0.39, 0.29) is 5.69 Å². The highest BCUT2D eigenvalue weighted by atomic mass is 32.1. The first-order valence-electron chi connectivity index (χ1n) is 9.40. The van der Waals surface area contributed by atoms with Crippen LogP contribution in [-0.2, 0) is 7.05 Å². The number of rotatable bonds is 3. The summed E-state index contributed by atoms with van der Waals surface area (Å²) in [6.07, 6.45) is 0.595. The number of hydrogen-bond acceptors (Lipinski definition) is 6. The van der Waals surface area contributed by atoms with Crippen molar-refractivity contribution >= 4 is 37.4 Å². The van der Waals surface area contributed by atoms with Gasteiger partial charge in [-0.3, -0.25) is 4.68 Å². The number of nitrogens with zero attached hydrogens (tertiary/aromatic N) is 7.